The van der Waals surface area contributed by atoms with Crippen LogP contribution in [0.1, 0.15) is 19.8 Å². The first-order valence-corrected chi connectivity index (χ1v) is 4.85. The Morgan fingerprint density at radius 2 is 2.38 bits per heavy atom. The third kappa shape index (κ3) is 3.46. The van der Waals surface area contributed by atoms with Gasteiger partial charge in [-0.25, -0.2) is 0 Å². The Balaban J connectivity index is 2.28. The van der Waals surface area contributed by atoms with E-state index in [0.29, 0.717) is 19.8 Å². The molecule has 1 heterocycles. The Morgan fingerprint density at radius 1 is 1.62 bits per heavy atom. The topological polar surface area (TPSA) is 44.5 Å². The van der Waals surface area contributed by atoms with Gasteiger partial charge in [0.25, 0.3) is 0 Å². The van der Waals surface area contributed by atoms with Crippen molar-refractivity contribution in [2.45, 2.75) is 31.9 Å². The molecule has 2 atom stereocenters. The quantitative estimate of drug-likeness (QED) is 0.667. The highest BCUT2D eigenvalue weighted by atomic mass is 16.6. The van der Waals surface area contributed by atoms with E-state index in [-0.39, 0.29) is 12.1 Å². The zero-order chi connectivity index (χ0) is 9.68. The van der Waals surface area contributed by atoms with Gasteiger partial charge >= 0.3 is 0 Å². The second-order valence-corrected chi connectivity index (χ2v) is 3.46. The molecule has 0 radical (unpaired) electrons. The van der Waals surface area contributed by atoms with Gasteiger partial charge in [-0.2, -0.15) is 0 Å². The maximum absolute atomic E-state index is 5.96. The fourth-order valence-electron chi connectivity index (χ4n) is 1.36. The molecule has 0 spiro atoms. The molecule has 0 bridgehead atoms. The van der Waals surface area contributed by atoms with Crippen LogP contribution in [0.2, 0.25) is 0 Å². The van der Waals surface area contributed by atoms with Gasteiger partial charge in [-0.15, -0.1) is 0 Å². The lowest BCUT2D eigenvalue weighted by atomic mass is 10.0. The van der Waals surface area contributed by atoms with Crippen molar-refractivity contribution in [1.82, 2.24) is 0 Å². The SMILES string of the molecule is C=C(CC)CC(N)C1COCCO1. The summed E-state index contributed by atoms with van der Waals surface area (Å²) in [6.07, 6.45) is 1.88. The van der Waals surface area contributed by atoms with Crippen LogP contribution in [-0.2, 0) is 9.47 Å². The van der Waals surface area contributed by atoms with Crippen LogP contribution in [0, 0.1) is 0 Å². The molecule has 1 aliphatic rings. The minimum absolute atomic E-state index is 0.0350. The second-order valence-electron chi connectivity index (χ2n) is 3.46. The van der Waals surface area contributed by atoms with E-state index < -0.39 is 0 Å². The van der Waals surface area contributed by atoms with Gasteiger partial charge in [0.1, 0.15) is 0 Å². The smallest absolute Gasteiger partial charge is 0.0963 e. The first kappa shape index (κ1) is 10.7. The fraction of sp³-hybridized carbons (Fsp3) is 0.800. The number of nitrogens with two attached hydrogens (primary N) is 1. The molecule has 0 aromatic heterocycles. The molecule has 0 aromatic rings. The molecule has 0 amide bonds. The Kier molecular flexibility index (Phi) is 4.42. The molecule has 1 rings (SSSR count). The van der Waals surface area contributed by atoms with Crippen LogP contribution < -0.4 is 5.73 Å². The van der Waals surface area contributed by atoms with Crippen LogP contribution in [0.25, 0.3) is 0 Å². The van der Waals surface area contributed by atoms with Gasteiger partial charge in [-0.3, -0.25) is 0 Å². The maximum Gasteiger partial charge on any atom is 0.0963 e. The summed E-state index contributed by atoms with van der Waals surface area (Å²) in [5, 5.41) is 0. The molecule has 3 nitrogen and oxygen atoms in total. The highest BCUT2D eigenvalue weighted by molar-refractivity contribution is 4.97. The molecule has 0 aromatic carbocycles. The van der Waals surface area contributed by atoms with Crippen molar-refractivity contribution >= 4 is 0 Å². The Hall–Kier alpha value is -0.380. The third-order valence-electron chi connectivity index (χ3n) is 2.34. The molecule has 3 heteroatoms. The van der Waals surface area contributed by atoms with Crippen molar-refractivity contribution in [2.75, 3.05) is 19.8 Å². The summed E-state index contributed by atoms with van der Waals surface area (Å²) in [6, 6.07) is 0.0350. The van der Waals surface area contributed by atoms with E-state index in [1.807, 2.05) is 0 Å². The van der Waals surface area contributed by atoms with Crippen LogP contribution in [0.3, 0.4) is 0 Å². The van der Waals surface area contributed by atoms with Crippen molar-refractivity contribution in [2.24, 2.45) is 5.73 Å². The summed E-state index contributed by atoms with van der Waals surface area (Å²) in [5.41, 5.74) is 7.14. The summed E-state index contributed by atoms with van der Waals surface area (Å²) < 4.78 is 10.8. The molecule has 0 aliphatic carbocycles. The first-order valence-electron chi connectivity index (χ1n) is 4.85. The minimum Gasteiger partial charge on any atom is -0.376 e. The number of hydrogen-bond donors (Lipinski definition) is 1. The van der Waals surface area contributed by atoms with Gasteiger partial charge in [0.05, 0.1) is 25.9 Å². The molecule has 2 N–H and O–H groups in total. The van der Waals surface area contributed by atoms with Crippen LogP contribution in [-0.4, -0.2) is 32.0 Å². The van der Waals surface area contributed by atoms with Crippen molar-refractivity contribution in [3.05, 3.63) is 12.2 Å². The summed E-state index contributed by atoms with van der Waals surface area (Å²) in [5.74, 6) is 0. The lowest BCUT2D eigenvalue weighted by Gasteiger charge is -2.28. The normalized spacial score (nSPS) is 25.5. The predicted octanol–water partition coefficient (Wildman–Crippen LogP) is 1.09. The maximum atomic E-state index is 5.96. The van der Waals surface area contributed by atoms with Gasteiger partial charge in [-0.1, -0.05) is 19.1 Å². The first-order chi connectivity index (χ1) is 6.24. The standard InChI is InChI=1S/C10H19NO2/c1-3-8(2)6-9(11)10-7-12-4-5-13-10/h9-10H,2-7,11H2,1H3. The predicted molar refractivity (Wildman–Crippen MR) is 52.6 cm³/mol. The number of ether oxygens (including phenoxy) is 2. The summed E-state index contributed by atoms with van der Waals surface area (Å²) in [7, 11) is 0. The van der Waals surface area contributed by atoms with Gasteiger partial charge in [0.2, 0.25) is 0 Å². The van der Waals surface area contributed by atoms with E-state index in [0.717, 1.165) is 12.8 Å². The Bertz CT molecular complexity index is 164. The fourth-order valence-corrected chi connectivity index (χ4v) is 1.36. The molecule has 1 fully saturated rings. The van der Waals surface area contributed by atoms with Crippen molar-refractivity contribution in [1.29, 1.82) is 0 Å². The lowest BCUT2D eigenvalue weighted by Crippen LogP contribution is -2.43. The van der Waals surface area contributed by atoms with E-state index >= 15 is 0 Å². The van der Waals surface area contributed by atoms with E-state index in [2.05, 4.69) is 13.5 Å². The van der Waals surface area contributed by atoms with Gasteiger partial charge < -0.3 is 15.2 Å². The largest absolute Gasteiger partial charge is 0.376 e. The summed E-state index contributed by atoms with van der Waals surface area (Å²) in [6.45, 7) is 8.00. The lowest BCUT2D eigenvalue weighted by molar-refractivity contribution is -0.0967. The van der Waals surface area contributed by atoms with Crippen LogP contribution in [0.15, 0.2) is 12.2 Å². The monoisotopic (exact) mass is 185 g/mol. The Labute approximate surface area is 79.9 Å². The van der Waals surface area contributed by atoms with Crippen LogP contribution in [0.4, 0.5) is 0 Å². The zero-order valence-electron chi connectivity index (χ0n) is 8.29. The van der Waals surface area contributed by atoms with Crippen molar-refractivity contribution < 1.29 is 9.47 Å². The molecular weight excluding hydrogens is 166 g/mol. The summed E-state index contributed by atoms with van der Waals surface area (Å²) >= 11 is 0. The van der Waals surface area contributed by atoms with Gasteiger partial charge in [0, 0.05) is 6.04 Å². The average molecular weight is 185 g/mol. The Morgan fingerprint density at radius 3 is 2.92 bits per heavy atom. The van der Waals surface area contributed by atoms with Crippen molar-refractivity contribution in [3.8, 4) is 0 Å². The van der Waals surface area contributed by atoms with E-state index in [4.69, 9.17) is 15.2 Å². The van der Waals surface area contributed by atoms with Gasteiger partial charge in [0.15, 0.2) is 0 Å². The van der Waals surface area contributed by atoms with Crippen molar-refractivity contribution in [3.63, 3.8) is 0 Å². The number of rotatable bonds is 4. The molecular formula is C10H19NO2. The average Bonchev–Trinajstić information content (AvgIpc) is 2.19. The third-order valence-corrected chi connectivity index (χ3v) is 2.34. The second kappa shape index (κ2) is 5.37. The molecule has 2 unspecified atom stereocenters. The molecule has 76 valence electrons. The summed E-state index contributed by atoms with van der Waals surface area (Å²) in [4.78, 5) is 0. The minimum atomic E-state index is 0.0350. The zero-order valence-corrected chi connectivity index (χ0v) is 8.29. The number of hydrogen-bond acceptors (Lipinski definition) is 3. The molecule has 1 aliphatic heterocycles. The van der Waals surface area contributed by atoms with E-state index in [1.165, 1.54) is 5.57 Å². The molecule has 0 saturated carbocycles. The van der Waals surface area contributed by atoms with Crippen LogP contribution in [0.5, 0.6) is 0 Å². The van der Waals surface area contributed by atoms with E-state index in [9.17, 15) is 0 Å². The van der Waals surface area contributed by atoms with Crippen LogP contribution >= 0.6 is 0 Å². The highest BCUT2D eigenvalue weighted by Gasteiger charge is 2.21. The molecule has 1 saturated heterocycles. The van der Waals surface area contributed by atoms with E-state index in [1.54, 1.807) is 0 Å². The molecule has 13 heavy (non-hydrogen) atoms. The highest BCUT2D eigenvalue weighted by Crippen LogP contribution is 2.12. The van der Waals surface area contributed by atoms with Gasteiger partial charge in [-0.05, 0) is 12.8 Å².